The minimum absolute atomic E-state index is 0.0547. The highest BCUT2D eigenvalue weighted by Crippen LogP contribution is 2.39. The Hall–Kier alpha value is -3.43. The maximum Gasteiger partial charge on any atom is 0.335 e. The number of carboxylic acid groups (broad SMARTS) is 1. The second-order valence-electron chi connectivity index (χ2n) is 10.7. The second kappa shape index (κ2) is 12.0. The van der Waals surface area contributed by atoms with Crippen molar-refractivity contribution < 1.29 is 37.7 Å². The topological polar surface area (TPSA) is 102 Å². The fourth-order valence-electron chi connectivity index (χ4n) is 5.33. The van der Waals surface area contributed by atoms with Crippen molar-refractivity contribution >= 4 is 23.4 Å². The molecule has 0 amide bonds. The van der Waals surface area contributed by atoms with Crippen LogP contribution in [0.1, 0.15) is 78.6 Å². The lowest BCUT2D eigenvalue weighted by Gasteiger charge is -2.34. The first-order valence-corrected chi connectivity index (χ1v) is 13.3. The number of hydrogen-bond donors (Lipinski definition) is 2. The summed E-state index contributed by atoms with van der Waals surface area (Å²) in [6.45, 7) is 1.76. The van der Waals surface area contributed by atoms with Gasteiger partial charge in [0.2, 0.25) is 5.69 Å². The predicted octanol–water partition coefficient (Wildman–Crippen LogP) is 6.64. The van der Waals surface area contributed by atoms with Crippen molar-refractivity contribution in [3.63, 3.8) is 0 Å². The predicted molar refractivity (Wildman–Crippen MR) is 143 cm³/mol. The SMILES string of the molecule is CC1(O)CCC(CC(C(=O)Cc2ccc(C(=O)O)cc2)c2ccc(-c3c(C(F)F)ccc(Cl)c3F)c[n+]2[O-])CC1. The molecule has 0 spiro atoms. The van der Waals surface area contributed by atoms with Gasteiger partial charge >= 0.3 is 5.97 Å². The van der Waals surface area contributed by atoms with Gasteiger partial charge in [0, 0.05) is 23.6 Å². The zero-order chi connectivity index (χ0) is 29.2. The van der Waals surface area contributed by atoms with Crippen molar-refractivity contribution in [2.75, 3.05) is 0 Å². The fourth-order valence-corrected chi connectivity index (χ4v) is 5.48. The van der Waals surface area contributed by atoms with E-state index < -0.39 is 40.9 Å². The molecule has 1 aliphatic carbocycles. The summed E-state index contributed by atoms with van der Waals surface area (Å²) in [4.78, 5) is 24.8. The maximum atomic E-state index is 14.8. The standard InChI is InChI=1S/C30H29ClF3NO5/c1-30(39)12-10-18(11-13-30)14-22(25(36)15-17-2-4-19(5-3-17)29(37)38)24-9-6-20(16-35(24)40)26-21(28(33)34)7-8-23(31)27(26)32/h2-9,16,18,22,28,39H,10-15H2,1H3,(H,37,38). The molecular weight excluding hydrogens is 547 g/mol. The molecule has 212 valence electrons. The summed E-state index contributed by atoms with van der Waals surface area (Å²) in [6, 6.07) is 10.6. The second-order valence-corrected chi connectivity index (χ2v) is 11.1. The van der Waals surface area contributed by atoms with Crippen molar-refractivity contribution in [1.82, 2.24) is 0 Å². The summed E-state index contributed by atoms with van der Waals surface area (Å²) in [7, 11) is 0. The molecule has 1 unspecified atom stereocenters. The molecule has 40 heavy (non-hydrogen) atoms. The molecule has 0 bridgehead atoms. The summed E-state index contributed by atoms with van der Waals surface area (Å²) >= 11 is 5.84. The van der Waals surface area contributed by atoms with E-state index in [1.165, 1.54) is 24.3 Å². The lowest BCUT2D eigenvalue weighted by atomic mass is 9.75. The number of aromatic nitrogens is 1. The molecule has 1 heterocycles. The average molecular weight is 576 g/mol. The highest BCUT2D eigenvalue weighted by molar-refractivity contribution is 6.31. The van der Waals surface area contributed by atoms with Crippen LogP contribution in [0.5, 0.6) is 0 Å². The van der Waals surface area contributed by atoms with Crippen molar-refractivity contribution in [2.24, 2.45) is 5.92 Å². The maximum absolute atomic E-state index is 14.8. The number of aromatic carboxylic acids is 1. The van der Waals surface area contributed by atoms with Gasteiger partial charge in [0.15, 0.2) is 12.0 Å². The number of hydrogen-bond acceptors (Lipinski definition) is 4. The van der Waals surface area contributed by atoms with Gasteiger partial charge in [0.25, 0.3) is 6.43 Å². The fraction of sp³-hybridized carbons (Fsp3) is 0.367. The van der Waals surface area contributed by atoms with Crippen molar-refractivity contribution in [3.05, 3.63) is 93.2 Å². The molecule has 10 heteroatoms. The van der Waals surface area contributed by atoms with Crippen molar-refractivity contribution in [2.45, 2.75) is 63.4 Å². The third kappa shape index (κ3) is 6.64. The largest absolute Gasteiger partial charge is 0.618 e. The zero-order valence-corrected chi connectivity index (χ0v) is 22.5. The molecule has 4 rings (SSSR count). The molecule has 1 aliphatic rings. The van der Waals surface area contributed by atoms with E-state index in [9.17, 15) is 33.1 Å². The van der Waals surface area contributed by atoms with Gasteiger partial charge in [-0.15, -0.1) is 0 Å². The molecule has 6 nitrogen and oxygen atoms in total. The Balaban J connectivity index is 1.68. The Morgan fingerprint density at radius 1 is 1.10 bits per heavy atom. The molecule has 3 aromatic rings. The quantitative estimate of drug-likeness (QED) is 0.220. The van der Waals surface area contributed by atoms with Gasteiger partial charge in [-0.1, -0.05) is 29.8 Å². The number of pyridine rings is 1. The van der Waals surface area contributed by atoms with Crippen LogP contribution in [0.15, 0.2) is 54.7 Å². The van der Waals surface area contributed by atoms with Crippen LogP contribution in [0, 0.1) is 16.9 Å². The number of alkyl halides is 2. The highest BCUT2D eigenvalue weighted by Gasteiger charge is 2.35. The molecular formula is C30H29ClF3NO5. The molecule has 1 atom stereocenters. The van der Waals surface area contributed by atoms with Gasteiger partial charge in [0.1, 0.15) is 11.7 Å². The van der Waals surface area contributed by atoms with E-state index in [1.54, 1.807) is 19.1 Å². The molecule has 2 N–H and O–H groups in total. The smallest absolute Gasteiger partial charge is 0.335 e. The summed E-state index contributed by atoms with van der Waals surface area (Å²) in [5, 5.41) is 32.4. The first-order chi connectivity index (χ1) is 18.9. The van der Waals surface area contributed by atoms with Crippen molar-refractivity contribution in [3.8, 4) is 11.1 Å². The van der Waals surface area contributed by atoms with E-state index in [4.69, 9.17) is 16.7 Å². The number of nitrogens with zero attached hydrogens (tertiary/aromatic N) is 1. The minimum atomic E-state index is -3.01. The molecule has 1 fully saturated rings. The number of carbonyl (C=O) groups excluding carboxylic acids is 1. The molecule has 0 radical (unpaired) electrons. The van der Waals surface area contributed by atoms with Crippen LogP contribution in [0.3, 0.4) is 0 Å². The van der Waals surface area contributed by atoms with Crippen LogP contribution >= 0.6 is 11.6 Å². The Bertz CT molecular complexity index is 1400. The first-order valence-electron chi connectivity index (χ1n) is 12.9. The third-order valence-corrected chi connectivity index (χ3v) is 7.96. The monoisotopic (exact) mass is 575 g/mol. The van der Waals surface area contributed by atoms with Crippen LogP contribution in [0.4, 0.5) is 13.2 Å². The third-order valence-electron chi connectivity index (χ3n) is 7.67. The van der Waals surface area contributed by atoms with Gasteiger partial charge < -0.3 is 15.4 Å². The molecule has 2 aromatic carbocycles. The molecule has 1 saturated carbocycles. The summed E-state index contributed by atoms with van der Waals surface area (Å²) in [5.41, 5.74) is -1.23. The number of benzene rings is 2. The zero-order valence-electron chi connectivity index (χ0n) is 21.7. The molecule has 1 aromatic heterocycles. The lowest BCUT2D eigenvalue weighted by molar-refractivity contribution is -0.614. The van der Waals surface area contributed by atoms with Gasteiger partial charge in [-0.25, -0.2) is 18.0 Å². The van der Waals surface area contributed by atoms with E-state index in [0.717, 1.165) is 18.3 Å². The molecule has 0 saturated heterocycles. The number of rotatable bonds is 9. The first kappa shape index (κ1) is 29.6. The van der Waals surface area contributed by atoms with Crippen LogP contribution in [0.2, 0.25) is 5.02 Å². The van der Waals surface area contributed by atoms with E-state index in [2.05, 4.69) is 0 Å². The van der Waals surface area contributed by atoms with Crippen LogP contribution in [-0.2, 0) is 11.2 Å². The number of carboxylic acids is 1. The number of Topliss-reactive ketones (excluding diaryl/α,β-unsaturated/α-hetero) is 1. The van der Waals surface area contributed by atoms with Crippen LogP contribution in [0.25, 0.3) is 11.1 Å². The Morgan fingerprint density at radius 2 is 1.75 bits per heavy atom. The summed E-state index contributed by atoms with van der Waals surface area (Å²) in [6.07, 6.45) is 0.660. The van der Waals surface area contributed by atoms with Gasteiger partial charge in [-0.2, -0.15) is 4.73 Å². The average Bonchev–Trinajstić information content (AvgIpc) is 2.90. The van der Waals surface area contributed by atoms with Crippen LogP contribution < -0.4 is 4.73 Å². The summed E-state index contributed by atoms with van der Waals surface area (Å²) < 4.78 is 42.5. The number of halogens is 4. The minimum Gasteiger partial charge on any atom is -0.618 e. The van der Waals surface area contributed by atoms with Gasteiger partial charge in [-0.05, 0) is 74.8 Å². The number of ketones is 1. The van der Waals surface area contributed by atoms with E-state index in [1.807, 2.05) is 0 Å². The number of aliphatic hydroxyl groups is 1. The van der Waals surface area contributed by atoms with E-state index >= 15 is 0 Å². The lowest BCUT2D eigenvalue weighted by Crippen LogP contribution is -2.37. The molecule has 0 aliphatic heterocycles. The van der Waals surface area contributed by atoms with Gasteiger partial charge in [0.05, 0.1) is 21.8 Å². The summed E-state index contributed by atoms with van der Waals surface area (Å²) in [5.74, 6) is -3.25. The number of carbonyl (C=O) groups is 2. The Kier molecular flexibility index (Phi) is 8.85. The van der Waals surface area contributed by atoms with Crippen molar-refractivity contribution in [1.29, 1.82) is 0 Å². The highest BCUT2D eigenvalue weighted by atomic mass is 35.5. The Labute approximate surface area is 234 Å². The van der Waals surface area contributed by atoms with E-state index in [0.29, 0.717) is 42.4 Å². The Morgan fingerprint density at radius 3 is 2.33 bits per heavy atom. The normalized spacial score (nSPS) is 19.9. The van der Waals surface area contributed by atoms with Gasteiger partial charge in [-0.3, -0.25) is 4.79 Å². The van der Waals surface area contributed by atoms with E-state index in [-0.39, 0.29) is 40.0 Å². The van der Waals surface area contributed by atoms with Crippen LogP contribution in [-0.4, -0.2) is 27.6 Å².